The predicted octanol–water partition coefficient (Wildman–Crippen LogP) is 2.03. The summed E-state index contributed by atoms with van der Waals surface area (Å²) < 4.78 is 7.56. The highest BCUT2D eigenvalue weighted by molar-refractivity contribution is 6.04. The summed E-state index contributed by atoms with van der Waals surface area (Å²) in [5.41, 5.74) is 8.55. The molecule has 1 aromatic heterocycles. The normalized spacial score (nSPS) is 13.7. The van der Waals surface area contributed by atoms with Gasteiger partial charge in [0.1, 0.15) is 12.4 Å². The fourth-order valence-electron chi connectivity index (χ4n) is 3.57. The van der Waals surface area contributed by atoms with Crippen LogP contribution in [0.4, 0.5) is 0 Å². The van der Waals surface area contributed by atoms with Crippen molar-refractivity contribution in [3.05, 3.63) is 59.3 Å². The first kappa shape index (κ1) is 18.0. The molecule has 1 aliphatic heterocycles. The lowest BCUT2D eigenvalue weighted by Gasteiger charge is -2.19. The maximum atomic E-state index is 13.2. The fourth-order valence-corrected chi connectivity index (χ4v) is 3.57. The van der Waals surface area contributed by atoms with Crippen molar-refractivity contribution < 1.29 is 14.3 Å². The maximum absolute atomic E-state index is 13.2. The Morgan fingerprint density at radius 2 is 2.04 bits per heavy atom. The molecule has 0 aliphatic carbocycles. The molecule has 2 amide bonds. The Balaban J connectivity index is 1.62. The monoisotopic (exact) mass is 378 g/mol. The average molecular weight is 378 g/mol. The summed E-state index contributed by atoms with van der Waals surface area (Å²) in [6, 6.07) is 13.5. The van der Waals surface area contributed by atoms with E-state index in [-0.39, 0.29) is 11.8 Å². The van der Waals surface area contributed by atoms with Crippen molar-refractivity contribution in [2.45, 2.75) is 19.4 Å². The number of rotatable bonds is 4. The number of hydrogen-bond donors (Lipinski definition) is 1. The number of ether oxygens (including phenoxy) is 1. The van der Waals surface area contributed by atoms with E-state index in [0.29, 0.717) is 38.2 Å². The Labute approximate surface area is 162 Å². The van der Waals surface area contributed by atoms with Gasteiger partial charge in [0.25, 0.3) is 5.91 Å². The lowest BCUT2D eigenvalue weighted by Crippen LogP contribution is -2.33. The zero-order chi connectivity index (χ0) is 19.7. The Bertz CT molecular complexity index is 1060. The maximum Gasteiger partial charge on any atom is 0.275 e. The SMILES string of the molecule is Cn1nc(C(=O)N2CCOc3ccc(CCC(N)=O)cc3C2)c2ccccc21. The molecule has 0 saturated carbocycles. The van der Waals surface area contributed by atoms with Crippen LogP contribution in [0.3, 0.4) is 0 Å². The summed E-state index contributed by atoms with van der Waals surface area (Å²) in [4.78, 5) is 26.0. The lowest BCUT2D eigenvalue weighted by molar-refractivity contribution is -0.117. The van der Waals surface area contributed by atoms with Gasteiger partial charge in [0.2, 0.25) is 5.91 Å². The van der Waals surface area contributed by atoms with Gasteiger partial charge in [-0.25, -0.2) is 0 Å². The quantitative estimate of drug-likeness (QED) is 0.752. The van der Waals surface area contributed by atoms with E-state index in [0.717, 1.165) is 27.8 Å². The van der Waals surface area contributed by atoms with Gasteiger partial charge in [-0.3, -0.25) is 14.3 Å². The van der Waals surface area contributed by atoms with E-state index in [1.807, 2.05) is 49.5 Å². The van der Waals surface area contributed by atoms with Crippen LogP contribution in [-0.4, -0.2) is 39.6 Å². The van der Waals surface area contributed by atoms with Crippen LogP contribution >= 0.6 is 0 Å². The third kappa shape index (κ3) is 3.43. The van der Waals surface area contributed by atoms with Crippen LogP contribution in [-0.2, 0) is 24.8 Å². The van der Waals surface area contributed by atoms with Crippen molar-refractivity contribution in [2.24, 2.45) is 12.8 Å². The Morgan fingerprint density at radius 3 is 2.86 bits per heavy atom. The van der Waals surface area contributed by atoms with Crippen molar-refractivity contribution in [1.82, 2.24) is 14.7 Å². The second-order valence-electron chi connectivity index (χ2n) is 6.97. The van der Waals surface area contributed by atoms with Gasteiger partial charge >= 0.3 is 0 Å². The van der Waals surface area contributed by atoms with Gasteiger partial charge in [0, 0.05) is 31.0 Å². The summed E-state index contributed by atoms with van der Waals surface area (Å²) in [6.45, 7) is 1.34. The molecule has 7 nitrogen and oxygen atoms in total. The molecule has 0 spiro atoms. The third-order valence-electron chi connectivity index (χ3n) is 5.01. The number of fused-ring (bicyclic) bond motifs is 2. The molecular formula is C21H22N4O3. The van der Waals surface area contributed by atoms with Gasteiger partial charge in [-0.05, 0) is 24.1 Å². The molecule has 0 bridgehead atoms. The van der Waals surface area contributed by atoms with Gasteiger partial charge in [-0.2, -0.15) is 5.10 Å². The molecule has 0 atom stereocenters. The standard InChI is InChI=1S/C21H22N4O3/c1-24-17-5-3-2-4-16(17)20(23-24)21(27)25-10-11-28-18-8-6-14(7-9-19(22)26)12-15(18)13-25/h2-6,8,12H,7,9-11,13H2,1H3,(H2,22,26). The number of carbonyl (C=O) groups is 2. The molecule has 144 valence electrons. The van der Waals surface area contributed by atoms with Crippen LogP contribution in [0.2, 0.25) is 0 Å². The minimum Gasteiger partial charge on any atom is -0.491 e. The number of primary amides is 1. The molecule has 4 rings (SSSR count). The third-order valence-corrected chi connectivity index (χ3v) is 5.01. The molecule has 2 aromatic carbocycles. The van der Waals surface area contributed by atoms with E-state index < -0.39 is 0 Å². The summed E-state index contributed by atoms with van der Waals surface area (Å²) in [7, 11) is 1.84. The Hall–Kier alpha value is -3.35. The number of nitrogens with zero attached hydrogens (tertiary/aromatic N) is 3. The molecular weight excluding hydrogens is 356 g/mol. The Morgan fingerprint density at radius 1 is 1.21 bits per heavy atom. The number of carbonyl (C=O) groups excluding carboxylic acids is 2. The van der Waals surface area contributed by atoms with Crippen LogP contribution in [0.1, 0.15) is 28.0 Å². The fraction of sp³-hybridized carbons (Fsp3) is 0.286. The predicted molar refractivity (Wildman–Crippen MR) is 105 cm³/mol. The molecule has 2 N–H and O–H groups in total. The van der Waals surface area contributed by atoms with Crippen molar-refractivity contribution >= 4 is 22.7 Å². The highest BCUT2D eigenvalue weighted by Gasteiger charge is 2.25. The van der Waals surface area contributed by atoms with Gasteiger partial charge < -0.3 is 15.4 Å². The molecule has 1 aliphatic rings. The zero-order valence-corrected chi connectivity index (χ0v) is 15.7. The van der Waals surface area contributed by atoms with Gasteiger partial charge in [-0.1, -0.05) is 30.3 Å². The van der Waals surface area contributed by atoms with E-state index in [2.05, 4.69) is 5.10 Å². The van der Waals surface area contributed by atoms with E-state index in [1.54, 1.807) is 9.58 Å². The van der Waals surface area contributed by atoms with E-state index in [9.17, 15) is 9.59 Å². The van der Waals surface area contributed by atoms with Crippen molar-refractivity contribution in [2.75, 3.05) is 13.2 Å². The van der Waals surface area contributed by atoms with E-state index >= 15 is 0 Å². The van der Waals surface area contributed by atoms with Crippen LogP contribution in [0.25, 0.3) is 10.9 Å². The van der Waals surface area contributed by atoms with Crippen LogP contribution in [0.5, 0.6) is 5.75 Å². The first-order chi connectivity index (χ1) is 13.5. The van der Waals surface area contributed by atoms with Crippen molar-refractivity contribution in [1.29, 1.82) is 0 Å². The number of para-hydroxylation sites is 1. The summed E-state index contributed by atoms with van der Waals surface area (Å²) in [5, 5.41) is 5.29. The number of aryl methyl sites for hydroxylation is 2. The topological polar surface area (TPSA) is 90.4 Å². The molecule has 0 radical (unpaired) electrons. The summed E-state index contributed by atoms with van der Waals surface area (Å²) in [6.07, 6.45) is 0.865. The number of nitrogens with two attached hydrogens (primary N) is 1. The van der Waals surface area contributed by atoms with E-state index in [1.165, 1.54) is 0 Å². The number of amides is 2. The minimum absolute atomic E-state index is 0.115. The zero-order valence-electron chi connectivity index (χ0n) is 15.7. The smallest absolute Gasteiger partial charge is 0.275 e. The molecule has 2 heterocycles. The lowest BCUT2D eigenvalue weighted by atomic mass is 10.0. The first-order valence-corrected chi connectivity index (χ1v) is 9.27. The van der Waals surface area contributed by atoms with Gasteiger partial charge in [0.15, 0.2) is 5.69 Å². The molecule has 28 heavy (non-hydrogen) atoms. The second-order valence-corrected chi connectivity index (χ2v) is 6.97. The number of benzene rings is 2. The van der Waals surface area contributed by atoms with Crippen molar-refractivity contribution in [3.8, 4) is 5.75 Å². The van der Waals surface area contributed by atoms with Crippen LogP contribution in [0, 0.1) is 0 Å². The molecule has 0 saturated heterocycles. The highest BCUT2D eigenvalue weighted by atomic mass is 16.5. The minimum atomic E-state index is -0.329. The Kier molecular flexibility index (Phi) is 4.73. The molecule has 7 heteroatoms. The first-order valence-electron chi connectivity index (χ1n) is 9.27. The van der Waals surface area contributed by atoms with E-state index in [4.69, 9.17) is 10.5 Å². The van der Waals surface area contributed by atoms with Crippen molar-refractivity contribution in [3.63, 3.8) is 0 Å². The van der Waals surface area contributed by atoms with Crippen LogP contribution in [0.15, 0.2) is 42.5 Å². The largest absolute Gasteiger partial charge is 0.491 e. The molecule has 0 unspecified atom stereocenters. The number of hydrogen-bond acceptors (Lipinski definition) is 4. The number of aromatic nitrogens is 2. The summed E-state index contributed by atoms with van der Waals surface area (Å²) >= 11 is 0. The van der Waals surface area contributed by atoms with Gasteiger partial charge in [-0.15, -0.1) is 0 Å². The molecule has 3 aromatic rings. The highest BCUT2D eigenvalue weighted by Crippen LogP contribution is 2.27. The average Bonchev–Trinajstić information content (AvgIpc) is 2.89. The molecule has 0 fully saturated rings. The summed E-state index contributed by atoms with van der Waals surface area (Å²) in [5.74, 6) is 0.324. The van der Waals surface area contributed by atoms with Crippen LogP contribution < -0.4 is 10.5 Å². The second kappa shape index (κ2) is 7.34. The van der Waals surface area contributed by atoms with Gasteiger partial charge in [0.05, 0.1) is 12.1 Å².